The molecule has 0 amide bonds. The fourth-order valence-electron chi connectivity index (χ4n) is 1.08. The van der Waals surface area contributed by atoms with Gasteiger partial charge in [0.25, 0.3) is 0 Å². The van der Waals surface area contributed by atoms with E-state index in [-0.39, 0.29) is 0 Å². The van der Waals surface area contributed by atoms with Gasteiger partial charge in [-0.1, -0.05) is 15.9 Å². The van der Waals surface area contributed by atoms with Crippen molar-refractivity contribution in [1.29, 1.82) is 0 Å². The molecule has 1 heterocycles. The molecule has 1 aromatic heterocycles. The fourth-order valence-corrected chi connectivity index (χ4v) is 2.01. The van der Waals surface area contributed by atoms with E-state index >= 15 is 0 Å². The molecule has 1 aromatic carbocycles. The largest absolute Gasteiger partial charge is 0.256 e. The van der Waals surface area contributed by atoms with Crippen molar-refractivity contribution in [1.82, 2.24) is 4.98 Å². The number of aromatic nitrogens is 1. The first kappa shape index (κ1) is 8.44. The first-order valence-electron chi connectivity index (χ1n) is 3.47. The highest BCUT2D eigenvalue weighted by molar-refractivity contribution is 14.1. The number of benzene rings is 1. The number of rotatable bonds is 0. The summed E-state index contributed by atoms with van der Waals surface area (Å²) >= 11 is 5.78. The van der Waals surface area contributed by atoms with Gasteiger partial charge in [0.05, 0.1) is 5.52 Å². The van der Waals surface area contributed by atoms with E-state index in [1.807, 2.05) is 12.1 Å². The van der Waals surface area contributed by atoms with Gasteiger partial charge >= 0.3 is 0 Å². The number of hydrogen-bond acceptors (Lipinski definition) is 1. The lowest BCUT2D eigenvalue weighted by Gasteiger charge is -1.99. The third-order valence-electron chi connectivity index (χ3n) is 1.65. The molecule has 1 nitrogen and oxygen atoms in total. The molecule has 0 N–H and O–H groups in total. The molecule has 0 atom stereocenters. The Hall–Kier alpha value is -0.160. The molecular formula is C9H5BrIN. The maximum Gasteiger partial charge on any atom is 0.0714 e. The molecule has 0 saturated heterocycles. The summed E-state index contributed by atoms with van der Waals surface area (Å²) in [5, 5.41) is 1.17. The Morgan fingerprint density at radius 2 is 2.08 bits per heavy atom. The topological polar surface area (TPSA) is 12.9 Å². The summed E-state index contributed by atoms with van der Waals surface area (Å²) in [5.41, 5.74) is 1.03. The number of nitrogens with zero attached hydrogens (tertiary/aromatic N) is 1. The molecule has 0 saturated carbocycles. The third-order valence-corrected chi connectivity index (χ3v) is 3.01. The summed E-state index contributed by atoms with van der Waals surface area (Å²) in [7, 11) is 0. The predicted octanol–water partition coefficient (Wildman–Crippen LogP) is 3.60. The van der Waals surface area contributed by atoms with E-state index in [0.717, 1.165) is 9.99 Å². The zero-order valence-electron chi connectivity index (χ0n) is 6.09. The van der Waals surface area contributed by atoms with E-state index in [2.05, 4.69) is 55.6 Å². The van der Waals surface area contributed by atoms with Crippen molar-refractivity contribution < 1.29 is 0 Å². The molecule has 2 aromatic rings. The number of halogens is 2. The van der Waals surface area contributed by atoms with Crippen molar-refractivity contribution in [2.24, 2.45) is 0 Å². The first-order valence-corrected chi connectivity index (χ1v) is 5.34. The molecule has 0 unspecified atom stereocenters. The van der Waals surface area contributed by atoms with Gasteiger partial charge in [0.1, 0.15) is 0 Å². The van der Waals surface area contributed by atoms with E-state index in [1.54, 1.807) is 6.20 Å². The molecule has 3 heteroatoms. The highest BCUT2D eigenvalue weighted by Crippen LogP contribution is 2.23. The molecule has 0 aliphatic rings. The van der Waals surface area contributed by atoms with Gasteiger partial charge < -0.3 is 0 Å². The van der Waals surface area contributed by atoms with E-state index < -0.39 is 0 Å². The Morgan fingerprint density at radius 1 is 1.25 bits per heavy atom. The van der Waals surface area contributed by atoms with Gasteiger partial charge in [-0.15, -0.1) is 0 Å². The van der Waals surface area contributed by atoms with E-state index in [1.165, 1.54) is 8.96 Å². The van der Waals surface area contributed by atoms with Crippen LogP contribution in [-0.4, -0.2) is 4.98 Å². The Bertz CT molecular complexity index is 428. The van der Waals surface area contributed by atoms with Crippen LogP contribution in [-0.2, 0) is 0 Å². The normalized spacial score (nSPS) is 10.5. The Kier molecular flexibility index (Phi) is 2.32. The number of hydrogen-bond donors (Lipinski definition) is 0. The summed E-state index contributed by atoms with van der Waals surface area (Å²) < 4.78 is 2.33. The van der Waals surface area contributed by atoms with Gasteiger partial charge in [0.15, 0.2) is 0 Å². The standard InChI is InChI=1S/C9H5BrIN/c10-8-3-4-12-9-2-1-6(11)5-7(8)9/h1-5H. The average Bonchev–Trinajstić information content (AvgIpc) is 2.07. The lowest BCUT2D eigenvalue weighted by atomic mass is 10.2. The summed E-state index contributed by atoms with van der Waals surface area (Å²) in [5.74, 6) is 0. The molecular weight excluding hydrogens is 329 g/mol. The molecule has 0 spiro atoms. The first-order chi connectivity index (χ1) is 5.77. The predicted molar refractivity (Wildman–Crippen MR) is 62.2 cm³/mol. The van der Waals surface area contributed by atoms with Crippen LogP contribution in [0.4, 0.5) is 0 Å². The third kappa shape index (κ3) is 1.47. The van der Waals surface area contributed by atoms with E-state index in [0.29, 0.717) is 0 Å². The summed E-state index contributed by atoms with van der Waals surface area (Å²) in [6.45, 7) is 0. The second-order valence-corrected chi connectivity index (χ2v) is 4.55. The summed E-state index contributed by atoms with van der Waals surface area (Å²) in [6.07, 6.45) is 1.80. The van der Waals surface area contributed by atoms with Crippen molar-refractivity contribution in [3.8, 4) is 0 Å². The molecule has 0 bridgehead atoms. The van der Waals surface area contributed by atoms with Crippen molar-refractivity contribution in [2.75, 3.05) is 0 Å². The van der Waals surface area contributed by atoms with Crippen LogP contribution in [0.25, 0.3) is 10.9 Å². The lowest BCUT2D eigenvalue weighted by molar-refractivity contribution is 1.40. The molecule has 60 valence electrons. The molecule has 0 aliphatic carbocycles. The minimum Gasteiger partial charge on any atom is -0.256 e. The Labute approximate surface area is 92.5 Å². The minimum absolute atomic E-state index is 1.03. The van der Waals surface area contributed by atoms with Crippen molar-refractivity contribution >= 4 is 49.4 Å². The summed E-state index contributed by atoms with van der Waals surface area (Å²) in [4.78, 5) is 4.25. The van der Waals surface area contributed by atoms with Gasteiger partial charge in [-0.2, -0.15) is 0 Å². The summed E-state index contributed by atoms with van der Waals surface area (Å²) in [6, 6.07) is 8.16. The Morgan fingerprint density at radius 3 is 2.92 bits per heavy atom. The zero-order valence-corrected chi connectivity index (χ0v) is 9.83. The molecule has 2 rings (SSSR count). The lowest BCUT2D eigenvalue weighted by Crippen LogP contribution is -1.79. The van der Waals surface area contributed by atoms with Crippen LogP contribution in [0.1, 0.15) is 0 Å². The maximum absolute atomic E-state index is 4.25. The number of fused-ring (bicyclic) bond motifs is 1. The monoisotopic (exact) mass is 333 g/mol. The number of pyridine rings is 1. The molecule has 0 radical (unpaired) electrons. The second kappa shape index (κ2) is 3.30. The minimum atomic E-state index is 1.03. The van der Waals surface area contributed by atoms with Crippen molar-refractivity contribution in [3.05, 3.63) is 38.5 Å². The van der Waals surface area contributed by atoms with Crippen LogP contribution in [0.3, 0.4) is 0 Å². The van der Waals surface area contributed by atoms with Crippen LogP contribution < -0.4 is 0 Å². The zero-order chi connectivity index (χ0) is 8.55. The second-order valence-electron chi connectivity index (χ2n) is 2.45. The average molecular weight is 334 g/mol. The van der Waals surface area contributed by atoms with E-state index in [9.17, 15) is 0 Å². The van der Waals surface area contributed by atoms with Crippen LogP contribution in [0, 0.1) is 3.57 Å². The fraction of sp³-hybridized carbons (Fsp3) is 0. The highest BCUT2D eigenvalue weighted by Gasteiger charge is 1.98. The molecule has 0 fully saturated rings. The van der Waals surface area contributed by atoms with E-state index in [4.69, 9.17) is 0 Å². The smallest absolute Gasteiger partial charge is 0.0714 e. The van der Waals surface area contributed by atoms with Crippen LogP contribution in [0.2, 0.25) is 0 Å². The van der Waals surface area contributed by atoms with Gasteiger partial charge in [0.2, 0.25) is 0 Å². The maximum atomic E-state index is 4.25. The van der Waals surface area contributed by atoms with Crippen LogP contribution in [0.5, 0.6) is 0 Å². The van der Waals surface area contributed by atoms with Gasteiger partial charge in [0, 0.05) is 19.6 Å². The quantitative estimate of drug-likeness (QED) is 0.671. The van der Waals surface area contributed by atoms with Crippen LogP contribution >= 0.6 is 38.5 Å². The molecule has 12 heavy (non-hydrogen) atoms. The van der Waals surface area contributed by atoms with Crippen LogP contribution in [0.15, 0.2) is 34.9 Å². The SMILES string of the molecule is Brc1ccnc2ccc(I)cc12. The molecule has 0 aliphatic heterocycles. The van der Waals surface area contributed by atoms with Gasteiger partial charge in [-0.05, 0) is 46.9 Å². The van der Waals surface area contributed by atoms with Gasteiger partial charge in [-0.3, -0.25) is 4.98 Å². The van der Waals surface area contributed by atoms with Gasteiger partial charge in [-0.25, -0.2) is 0 Å². The Balaban J connectivity index is 2.88. The highest BCUT2D eigenvalue weighted by atomic mass is 127. The van der Waals surface area contributed by atoms with Crippen molar-refractivity contribution in [2.45, 2.75) is 0 Å². The van der Waals surface area contributed by atoms with Crippen molar-refractivity contribution in [3.63, 3.8) is 0 Å².